The summed E-state index contributed by atoms with van der Waals surface area (Å²) < 4.78 is 0. The van der Waals surface area contributed by atoms with E-state index >= 15 is 0 Å². The highest BCUT2D eigenvalue weighted by Gasteiger charge is 2.42. The number of allylic oxidation sites excluding steroid dienone is 2. The monoisotopic (exact) mass is 707 g/mol. The van der Waals surface area contributed by atoms with Crippen LogP contribution in [0.5, 0.6) is 0 Å². The van der Waals surface area contributed by atoms with Crippen LogP contribution < -0.4 is 10.6 Å². The Morgan fingerprint density at radius 2 is 0.898 bits per heavy atom. The SMILES string of the molecule is C1CC2=C1CC2.C1CCCCCC1.CCC(C)C.CCC(C)CC([C@@H](C)CP(c1ccccc1)c1ccccc1)P(C(C)(C)C)C(C)(C)C. The molecule has 278 valence electrons. The average Bonchev–Trinajstić information content (AvgIpc) is 3.38. The van der Waals surface area contributed by atoms with Gasteiger partial charge < -0.3 is 0 Å². The van der Waals surface area contributed by atoms with Gasteiger partial charge in [0.1, 0.15) is 0 Å². The van der Waals surface area contributed by atoms with E-state index in [0.717, 1.165) is 17.5 Å². The van der Waals surface area contributed by atoms with Crippen molar-refractivity contribution in [3.8, 4) is 0 Å². The van der Waals surface area contributed by atoms with Crippen LogP contribution in [0.25, 0.3) is 0 Å². The van der Waals surface area contributed by atoms with E-state index in [9.17, 15) is 0 Å². The van der Waals surface area contributed by atoms with Gasteiger partial charge in [-0.15, -0.1) is 0 Å². The van der Waals surface area contributed by atoms with Gasteiger partial charge >= 0.3 is 0 Å². The first-order valence-corrected chi connectivity index (χ1v) is 23.5. The van der Waals surface area contributed by atoms with Crippen molar-refractivity contribution < 1.29 is 0 Å². The number of benzene rings is 2. The summed E-state index contributed by atoms with van der Waals surface area (Å²) in [6, 6.07) is 22.6. The van der Waals surface area contributed by atoms with E-state index in [2.05, 4.69) is 144 Å². The first-order chi connectivity index (χ1) is 23.2. The van der Waals surface area contributed by atoms with Crippen LogP contribution in [-0.4, -0.2) is 22.1 Å². The Morgan fingerprint density at radius 3 is 1.14 bits per heavy atom. The Hall–Kier alpha value is -0.960. The van der Waals surface area contributed by atoms with E-state index in [0.29, 0.717) is 16.2 Å². The zero-order chi connectivity index (χ0) is 36.5. The second kappa shape index (κ2) is 22.9. The van der Waals surface area contributed by atoms with Crippen LogP contribution in [0.1, 0.15) is 173 Å². The molecule has 0 saturated heterocycles. The molecule has 0 spiro atoms. The molecule has 2 unspecified atom stereocenters. The maximum Gasteiger partial charge on any atom is -0.0168 e. The van der Waals surface area contributed by atoms with E-state index in [-0.39, 0.29) is 15.8 Å². The minimum absolute atomic E-state index is 0.142. The second-order valence-electron chi connectivity index (χ2n) is 17.8. The molecule has 3 aliphatic rings. The molecule has 0 nitrogen and oxygen atoms in total. The summed E-state index contributed by atoms with van der Waals surface area (Å²) in [6.07, 6.45) is 21.5. The van der Waals surface area contributed by atoms with Gasteiger partial charge in [-0.05, 0) is 90.5 Å². The molecule has 2 aromatic rings. The molecule has 3 aliphatic carbocycles. The third-order valence-electron chi connectivity index (χ3n) is 10.9. The molecule has 0 aromatic heterocycles. The van der Waals surface area contributed by atoms with E-state index in [1.165, 1.54) is 107 Å². The fourth-order valence-corrected chi connectivity index (χ4v) is 15.6. The summed E-state index contributed by atoms with van der Waals surface area (Å²) in [6.45, 7) is 29.0. The van der Waals surface area contributed by atoms with Crippen LogP contribution in [0.4, 0.5) is 0 Å². The highest BCUT2D eigenvalue weighted by molar-refractivity contribution is 7.73. The van der Waals surface area contributed by atoms with Crippen LogP contribution in [0, 0.1) is 17.8 Å². The van der Waals surface area contributed by atoms with Crippen molar-refractivity contribution in [2.75, 3.05) is 6.16 Å². The fourth-order valence-electron chi connectivity index (χ4n) is 7.60. The van der Waals surface area contributed by atoms with Gasteiger partial charge in [0.2, 0.25) is 0 Å². The molecule has 0 heterocycles. The first-order valence-electron chi connectivity index (χ1n) is 20.6. The quantitative estimate of drug-likeness (QED) is 0.131. The fraction of sp³-hybridized carbons (Fsp3) is 0.702. The van der Waals surface area contributed by atoms with Crippen molar-refractivity contribution in [1.82, 2.24) is 0 Å². The standard InChI is InChI=1S/C29H46P2.C7H14.C6H8.C5H12/c1-10-23(2)21-27(31(28(4,5)6)29(7,8)9)24(3)22-30(25-17-13-11-14-18-25)26-19-15-12-16-20-26;1-2-4-6-7-5-3-1;1-2-6-4-3-5(1)6;1-4-5(2)3/h11-20,23-24,27H,10,21-22H2,1-9H3;1-7H2;1-4H2;5H,4H2,1-3H3/t23?,24-,27?;;;/m0.../s1. The van der Waals surface area contributed by atoms with Crippen molar-refractivity contribution in [2.24, 2.45) is 17.8 Å². The van der Waals surface area contributed by atoms with Gasteiger partial charge in [-0.25, -0.2) is 0 Å². The van der Waals surface area contributed by atoms with Gasteiger partial charge in [-0.3, -0.25) is 0 Å². The van der Waals surface area contributed by atoms with Crippen LogP contribution in [-0.2, 0) is 0 Å². The minimum atomic E-state index is -0.338. The zero-order valence-electron chi connectivity index (χ0n) is 34.6. The van der Waals surface area contributed by atoms with Crippen molar-refractivity contribution in [3.05, 3.63) is 71.8 Å². The predicted octanol–water partition coefficient (Wildman–Crippen LogP) is 15.3. The molecule has 0 N–H and O–H groups in total. The molecular formula is C47H80P2. The molecule has 3 atom stereocenters. The molecule has 1 fully saturated rings. The Morgan fingerprint density at radius 1 is 0.551 bits per heavy atom. The topological polar surface area (TPSA) is 0 Å². The maximum atomic E-state index is 2.57. The summed E-state index contributed by atoms with van der Waals surface area (Å²) in [5, 5.41) is 3.77. The Bertz CT molecular complexity index is 1050. The Kier molecular flexibility index (Phi) is 20.6. The number of hydrogen-bond acceptors (Lipinski definition) is 0. The summed E-state index contributed by atoms with van der Waals surface area (Å²) in [7, 11) is -0.480. The lowest BCUT2D eigenvalue weighted by Gasteiger charge is -2.49. The van der Waals surface area contributed by atoms with Crippen molar-refractivity contribution in [2.45, 2.75) is 189 Å². The molecular weight excluding hydrogens is 626 g/mol. The highest BCUT2D eigenvalue weighted by Crippen LogP contribution is 2.66. The summed E-state index contributed by atoms with van der Waals surface area (Å²) in [5.74, 6) is 2.39. The predicted molar refractivity (Wildman–Crippen MR) is 230 cm³/mol. The molecule has 5 rings (SSSR count). The van der Waals surface area contributed by atoms with Gasteiger partial charge in [-0.1, -0.05) is 221 Å². The van der Waals surface area contributed by atoms with Crippen molar-refractivity contribution in [1.29, 1.82) is 0 Å². The lowest BCUT2D eigenvalue weighted by atomic mass is 9.74. The van der Waals surface area contributed by atoms with Crippen LogP contribution in [0.2, 0.25) is 0 Å². The van der Waals surface area contributed by atoms with E-state index in [1.54, 1.807) is 11.1 Å². The third kappa shape index (κ3) is 16.5. The second-order valence-corrected chi connectivity index (χ2v) is 24.1. The van der Waals surface area contributed by atoms with E-state index < -0.39 is 0 Å². The van der Waals surface area contributed by atoms with Crippen LogP contribution in [0.15, 0.2) is 71.8 Å². The Balaban J connectivity index is 0.000000366. The smallest absolute Gasteiger partial charge is 0.0168 e. The van der Waals surface area contributed by atoms with E-state index in [1.807, 2.05) is 0 Å². The molecule has 1 saturated carbocycles. The first kappa shape index (κ1) is 44.2. The largest absolute Gasteiger partial charge is 0.0922 e. The van der Waals surface area contributed by atoms with Gasteiger partial charge in [0, 0.05) is 0 Å². The van der Waals surface area contributed by atoms with Crippen molar-refractivity contribution in [3.63, 3.8) is 0 Å². The lowest BCUT2D eigenvalue weighted by Crippen LogP contribution is -2.37. The molecule has 0 radical (unpaired) electrons. The molecule has 0 aliphatic heterocycles. The number of hydrogen-bond donors (Lipinski definition) is 0. The molecule has 0 amide bonds. The maximum absolute atomic E-state index is 2.57. The third-order valence-corrected chi connectivity index (χ3v) is 18.0. The summed E-state index contributed by atoms with van der Waals surface area (Å²) in [4.78, 5) is 0. The normalized spacial score (nSPS) is 17.9. The van der Waals surface area contributed by atoms with Gasteiger partial charge in [0.15, 0.2) is 0 Å². The average molecular weight is 707 g/mol. The number of rotatable bonds is 10. The van der Waals surface area contributed by atoms with Crippen LogP contribution >= 0.6 is 15.8 Å². The Labute approximate surface area is 310 Å². The van der Waals surface area contributed by atoms with Gasteiger partial charge in [-0.2, -0.15) is 0 Å². The zero-order valence-corrected chi connectivity index (χ0v) is 36.4. The van der Waals surface area contributed by atoms with Crippen molar-refractivity contribution >= 4 is 26.5 Å². The summed E-state index contributed by atoms with van der Waals surface area (Å²) >= 11 is 0. The summed E-state index contributed by atoms with van der Waals surface area (Å²) in [5.41, 5.74) is 4.37. The molecule has 0 bridgehead atoms. The van der Waals surface area contributed by atoms with E-state index in [4.69, 9.17) is 0 Å². The minimum Gasteiger partial charge on any atom is -0.0922 e. The van der Waals surface area contributed by atoms with Gasteiger partial charge in [0.05, 0.1) is 0 Å². The van der Waals surface area contributed by atoms with Crippen LogP contribution in [0.3, 0.4) is 0 Å². The molecule has 2 aromatic carbocycles. The highest BCUT2D eigenvalue weighted by atomic mass is 31.1. The molecule has 2 heteroatoms. The van der Waals surface area contributed by atoms with Gasteiger partial charge in [0.25, 0.3) is 0 Å². The molecule has 49 heavy (non-hydrogen) atoms. The lowest BCUT2D eigenvalue weighted by molar-refractivity contribution is 0.441.